The van der Waals surface area contributed by atoms with Gasteiger partial charge < -0.3 is 26.6 Å². The van der Waals surface area contributed by atoms with Gasteiger partial charge in [0.15, 0.2) is 0 Å². The molecule has 0 spiro atoms. The first-order valence-corrected chi connectivity index (χ1v) is 10.9. The number of carboxylic acid groups (broad SMARTS) is 1. The molecule has 1 aliphatic rings. The Bertz CT molecular complexity index is 1060. The number of anilines is 1. The molecule has 3 rings (SSSR count). The molecule has 0 unspecified atom stereocenters. The number of hydrogen-bond acceptors (Lipinski definition) is 5. The van der Waals surface area contributed by atoms with E-state index in [9.17, 15) is 27.9 Å². The molecule has 1 fully saturated rings. The van der Waals surface area contributed by atoms with E-state index in [-0.39, 0.29) is 28.8 Å². The predicted octanol–water partition coefficient (Wildman–Crippen LogP) is 3.82. The second-order valence-electron chi connectivity index (χ2n) is 8.04. The first-order valence-electron chi connectivity index (χ1n) is 10.5. The molecule has 12 heteroatoms. The number of halogens is 4. The molecule has 2 aromatic carbocycles. The van der Waals surface area contributed by atoms with Crippen LogP contribution in [0.2, 0.25) is 5.02 Å². The standard InChI is InChI=1S/C21H24ClN3O3.C2HF3O2/c22-16-3-1-2-15(11-16)21(12-23)8-6-17(7-9-21)25-20(28)14-4-5-19(27)18(10-14)24-13-26;3-2(4,5)1(6)7/h1-5,10-11,13,17,27H,6-9,12,23H2,(H,24,26)(H,25,28);(H,6,7). The first-order chi connectivity index (χ1) is 16.4. The van der Waals surface area contributed by atoms with Crippen LogP contribution in [0.3, 0.4) is 0 Å². The van der Waals surface area contributed by atoms with Gasteiger partial charge in [-0.2, -0.15) is 13.2 Å². The van der Waals surface area contributed by atoms with Crippen molar-refractivity contribution in [1.29, 1.82) is 0 Å². The Morgan fingerprint density at radius 3 is 2.31 bits per heavy atom. The Morgan fingerprint density at radius 2 is 1.80 bits per heavy atom. The molecule has 0 heterocycles. The molecule has 8 nitrogen and oxygen atoms in total. The van der Waals surface area contributed by atoms with E-state index in [0.29, 0.717) is 23.5 Å². The quantitative estimate of drug-likeness (QED) is 0.292. The molecule has 1 aliphatic carbocycles. The number of carboxylic acids is 1. The molecule has 0 atom stereocenters. The molecular formula is C23H25ClF3N3O5. The number of phenols is 1. The van der Waals surface area contributed by atoms with Crippen molar-refractivity contribution in [2.75, 3.05) is 11.9 Å². The average molecular weight is 516 g/mol. The fraction of sp³-hybridized carbons (Fsp3) is 0.348. The van der Waals surface area contributed by atoms with E-state index < -0.39 is 12.1 Å². The van der Waals surface area contributed by atoms with E-state index in [4.69, 9.17) is 27.2 Å². The number of hydrogen-bond donors (Lipinski definition) is 5. The summed E-state index contributed by atoms with van der Waals surface area (Å²) >= 11 is 6.15. The zero-order chi connectivity index (χ0) is 26.2. The normalized spacial score (nSPS) is 19.6. The Labute approximate surface area is 204 Å². The fourth-order valence-electron chi connectivity index (χ4n) is 3.87. The summed E-state index contributed by atoms with van der Waals surface area (Å²) in [4.78, 5) is 32.1. The van der Waals surface area contributed by atoms with Gasteiger partial charge in [0, 0.05) is 28.6 Å². The van der Waals surface area contributed by atoms with E-state index in [2.05, 4.69) is 16.7 Å². The highest BCUT2D eigenvalue weighted by molar-refractivity contribution is 6.30. The van der Waals surface area contributed by atoms with E-state index in [1.807, 2.05) is 18.2 Å². The van der Waals surface area contributed by atoms with E-state index in [0.717, 1.165) is 31.2 Å². The number of alkyl halides is 3. The number of amides is 2. The maximum Gasteiger partial charge on any atom is 0.490 e. The monoisotopic (exact) mass is 515 g/mol. The van der Waals surface area contributed by atoms with Gasteiger partial charge in [0.25, 0.3) is 5.91 Å². The SMILES string of the molecule is NCC1(c2cccc(Cl)c2)CCC(NC(=O)c2ccc(O)c(NC=O)c2)CC1.O=C(O)C(F)(F)F. The number of aromatic hydroxyl groups is 1. The third-order valence-electron chi connectivity index (χ3n) is 5.82. The van der Waals surface area contributed by atoms with Crippen LogP contribution in [0.25, 0.3) is 0 Å². The van der Waals surface area contributed by atoms with Crippen LogP contribution in [0.15, 0.2) is 42.5 Å². The van der Waals surface area contributed by atoms with Crippen LogP contribution in [0, 0.1) is 0 Å². The highest BCUT2D eigenvalue weighted by Gasteiger charge is 2.38. The minimum absolute atomic E-state index is 0.0441. The number of carbonyl (C=O) groups excluding carboxylic acids is 2. The molecule has 0 aliphatic heterocycles. The predicted molar refractivity (Wildman–Crippen MR) is 123 cm³/mol. The molecule has 0 bridgehead atoms. The average Bonchev–Trinajstić information content (AvgIpc) is 2.81. The number of nitrogens with one attached hydrogen (secondary N) is 2. The summed E-state index contributed by atoms with van der Waals surface area (Å²) in [5.41, 5.74) is 7.74. The van der Waals surface area contributed by atoms with E-state index in [1.54, 1.807) is 0 Å². The third-order valence-corrected chi connectivity index (χ3v) is 6.06. The largest absolute Gasteiger partial charge is 0.506 e. The summed E-state index contributed by atoms with van der Waals surface area (Å²) in [6, 6.07) is 12.3. The number of rotatable bonds is 6. The maximum atomic E-state index is 12.6. The van der Waals surface area contributed by atoms with Crippen LogP contribution in [-0.2, 0) is 15.0 Å². The Balaban J connectivity index is 0.000000540. The van der Waals surface area contributed by atoms with Crippen LogP contribution < -0.4 is 16.4 Å². The first kappa shape index (κ1) is 27.9. The molecular weight excluding hydrogens is 491 g/mol. The van der Waals surface area contributed by atoms with Crippen molar-refractivity contribution in [1.82, 2.24) is 5.32 Å². The zero-order valence-corrected chi connectivity index (χ0v) is 19.2. The number of carbonyl (C=O) groups is 3. The summed E-state index contributed by atoms with van der Waals surface area (Å²) in [5.74, 6) is -3.08. The fourth-order valence-corrected chi connectivity index (χ4v) is 4.06. The van der Waals surface area contributed by atoms with Gasteiger partial charge in [-0.1, -0.05) is 23.7 Å². The van der Waals surface area contributed by atoms with Crippen LogP contribution in [0.1, 0.15) is 41.6 Å². The van der Waals surface area contributed by atoms with E-state index >= 15 is 0 Å². The molecule has 2 amide bonds. The molecule has 0 radical (unpaired) electrons. The van der Waals surface area contributed by atoms with Crippen molar-refractivity contribution in [3.8, 4) is 5.75 Å². The van der Waals surface area contributed by atoms with Gasteiger partial charge in [-0.25, -0.2) is 4.79 Å². The zero-order valence-electron chi connectivity index (χ0n) is 18.4. The minimum atomic E-state index is -5.08. The summed E-state index contributed by atoms with van der Waals surface area (Å²) in [6.45, 7) is 0.534. The lowest BCUT2D eigenvalue weighted by atomic mass is 9.68. The molecule has 2 aromatic rings. The van der Waals surface area contributed by atoms with Gasteiger partial charge in [0.05, 0.1) is 5.69 Å². The molecule has 190 valence electrons. The van der Waals surface area contributed by atoms with Crippen molar-refractivity contribution in [3.05, 3.63) is 58.6 Å². The van der Waals surface area contributed by atoms with Gasteiger partial charge in [-0.3, -0.25) is 9.59 Å². The smallest absolute Gasteiger partial charge is 0.490 e. The lowest BCUT2D eigenvalue weighted by molar-refractivity contribution is -0.192. The summed E-state index contributed by atoms with van der Waals surface area (Å²) in [6.07, 6.45) is -1.27. The molecule has 0 aromatic heterocycles. The molecule has 1 saturated carbocycles. The van der Waals surface area contributed by atoms with Crippen molar-refractivity contribution in [2.24, 2.45) is 5.73 Å². The maximum absolute atomic E-state index is 12.6. The molecule has 35 heavy (non-hydrogen) atoms. The number of aliphatic carboxylic acids is 1. The van der Waals surface area contributed by atoms with Gasteiger partial charge in [0.2, 0.25) is 6.41 Å². The Morgan fingerprint density at radius 1 is 1.17 bits per heavy atom. The summed E-state index contributed by atoms with van der Waals surface area (Å²) in [7, 11) is 0. The Kier molecular flexibility index (Phi) is 9.49. The summed E-state index contributed by atoms with van der Waals surface area (Å²) < 4.78 is 31.7. The van der Waals surface area contributed by atoms with Gasteiger partial charge in [-0.15, -0.1) is 0 Å². The van der Waals surface area contributed by atoms with Crippen molar-refractivity contribution in [2.45, 2.75) is 43.3 Å². The molecule has 0 saturated heterocycles. The number of nitrogens with two attached hydrogens (primary N) is 1. The van der Waals surface area contributed by atoms with Crippen LogP contribution in [-0.4, -0.2) is 47.3 Å². The summed E-state index contributed by atoms with van der Waals surface area (Å²) in [5, 5.41) is 23.0. The lowest BCUT2D eigenvalue weighted by Gasteiger charge is -2.40. The highest BCUT2D eigenvalue weighted by atomic mass is 35.5. The Hall–Kier alpha value is -3.31. The van der Waals surface area contributed by atoms with Gasteiger partial charge in [0.1, 0.15) is 5.75 Å². The second kappa shape index (κ2) is 11.9. The second-order valence-corrected chi connectivity index (χ2v) is 8.48. The van der Waals surface area contributed by atoms with Crippen LogP contribution in [0.5, 0.6) is 5.75 Å². The number of benzene rings is 2. The number of phenolic OH excluding ortho intramolecular Hbond substituents is 1. The van der Waals surface area contributed by atoms with Crippen molar-refractivity contribution >= 4 is 35.6 Å². The minimum Gasteiger partial charge on any atom is -0.506 e. The van der Waals surface area contributed by atoms with E-state index in [1.165, 1.54) is 18.2 Å². The van der Waals surface area contributed by atoms with Gasteiger partial charge >= 0.3 is 12.1 Å². The van der Waals surface area contributed by atoms with Crippen molar-refractivity contribution in [3.63, 3.8) is 0 Å². The van der Waals surface area contributed by atoms with Crippen LogP contribution >= 0.6 is 11.6 Å². The topological polar surface area (TPSA) is 142 Å². The third kappa shape index (κ3) is 7.59. The molecule has 6 N–H and O–H groups in total. The van der Waals surface area contributed by atoms with Crippen molar-refractivity contribution < 1.29 is 37.8 Å². The highest BCUT2D eigenvalue weighted by Crippen LogP contribution is 2.39. The van der Waals surface area contributed by atoms with Gasteiger partial charge in [-0.05, 0) is 61.6 Å². The lowest BCUT2D eigenvalue weighted by Crippen LogP contribution is -2.45. The van der Waals surface area contributed by atoms with Crippen LogP contribution in [0.4, 0.5) is 18.9 Å².